The molecule has 1 aromatic rings. The molecule has 0 bridgehead atoms. The van der Waals surface area contributed by atoms with Crippen LogP contribution in [0.5, 0.6) is 0 Å². The molecule has 0 aromatic heterocycles. The van der Waals surface area contributed by atoms with E-state index in [9.17, 15) is 13.2 Å². The van der Waals surface area contributed by atoms with Crippen LogP contribution < -0.4 is 0 Å². The van der Waals surface area contributed by atoms with Gasteiger partial charge in [0.05, 0.1) is 6.10 Å². The Morgan fingerprint density at radius 1 is 1.17 bits per heavy atom. The fourth-order valence-electron chi connectivity index (χ4n) is 3.71. The Kier molecular flexibility index (Phi) is 6.31. The predicted molar refractivity (Wildman–Crippen MR) is 90.2 cm³/mol. The Bertz CT molecular complexity index is 504. The van der Waals surface area contributed by atoms with E-state index in [2.05, 4.69) is 6.55 Å². The topological polar surface area (TPSA) is 9.23 Å². The molecule has 1 saturated heterocycles. The summed E-state index contributed by atoms with van der Waals surface area (Å²) in [4.78, 5) is 0. The van der Waals surface area contributed by atoms with Crippen LogP contribution in [-0.2, 0) is 10.2 Å². The number of benzene rings is 1. The summed E-state index contributed by atoms with van der Waals surface area (Å²) in [6.07, 6.45) is 4.87. The van der Waals surface area contributed by atoms with Crippen molar-refractivity contribution in [2.45, 2.75) is 69.2 Å². The van der Waals surface area contributed by atoms with Gasteiger partial charge in [0, 0.05) is 15.9 Å². The third-order valence-electron chi connectivity index (χ3n) is 5.50. The standard InChI is InChI=1S/C18H27F3OSi/c1-13(22-2)5-4-6-18(7-9-23(3)10-8-18)14-11-15(19)17(21)16(20)12-14/h11-13,23H,4-10H2,1-3H3. The number of halogens is 3. The highest BCUT2D eigenvalue weighted by molar-refractivity contribution is 6.57. The van der Waals surface area contributed by atoms with E-state index in [1.807, 2.05) is 6.92 Å². The first-order chi connectivity index (χ1) is 10.9. The lowest BCUT2D eigenvalue weighted by atomic mass is 9.71. The molecule has 1 fully saturated rings. The molecule has 1 aliphatic heterocycles. The zero-order valence-corrected chi connectivity index (χ0v) is 15.5. The molecule has 1 atom stereocenters. The van der Waals surface area contributed by atoms with Gasteiger partial charge in [0.2, 0.25) is 0 Å². The summed E-state index contributed by atoms with van der Waals surface area (Å²) in [5.74, 6) is -3.50. The van der Waals surface area contributed by atoms with Gasteiger partial charge >= 0.3 is 0 Å². The Hall–Kier alpha value is -0.813. The molecule has 23 heavy (non-hydrogen) atoms. The number of ether oxygens (including phenoxy) is 1. The lowest BCUT2D eigenvalue weighted by Gasteiger charge is -2.40. The Balaban J connectivity index is 2.23. The molecule has 1 aromatic carbocycles. The van der Waals surface area contributed by atoms with Gasteiger partial charge in [-0.3, -0.25) is 0 Å². The Labute approximate surface area is 138 Å². The van der Waals surface area contributed by atoms with Crippen molar-refractivity contribution >= 4 is 8.80 Å². The molecule has 2 rings (SSSR count). The van der Waals surface area contributed by atoms with Gasteiger partial charge in [-0.15, -0.1) is 0 Å². The molecule has 0 saturated carbocycles. The second-order valence-electron chi connectivity index (χ2n) is 7.16. The van der Waals surface area contributed by atoms with Crippen LogP contribution in [-0.4, -0.2) is 22.0 Å². The van der Waals surface area contributed by atoms with Crippen molar-refractivity contribution in [1.29, 1.82) is 0 Å². The lowest BCUT2D eigenvalue weighted by molar-refractivity contribution is 0.106. The maximum Gasteiger partial charge on any atom is 0.194 e. The van der Waals surface area contributed by atoms with E-state index in [-0.39, 0.29) is 11.5 Å². The smallest absolute Gasteiger partial charge is 0.194 e. The number of hydrogen-bond acceptors (Lipinski definition) is 1. The molecule has 1 aliphatic rings. The molecule has 1 nitrogen and oxygen atoms in total. The van der Waals surface area contributed by atoms with Gasteiger partial charge in [0.25, 0.3) is 0 Å². The van der Waals surface area contributed by atoms with E-state index in [1.165, 1.54) is 24.2 Å². The van der Waals surface area contributed by atoms with Crippen molar-refractivity contribution < 1.29 is 17.9 Å². The highest BCUT2D eigenvalue weighted by Gasteiger charge is 2.36. The number of methoxy groups -OCH3 is 1. The highest BCUT2D eigenvalue weighted by atomic mass is 28.3. The maximum absolute atomic E-state index is 13.7. The zero-order chi connectivity index (χ0) is 17.0. The Morgan fingerprint density at radius 3 is 2.26 bits per heavy atom. The summed E-state index contributed by atoms with van der Waals surface area (Å²) in [7, 11) is 1.01. The van der Waals surface area contributed by atoms with Crippen molar-refractivity contribution in [3.8, 4) is 0 Å². The van der Waals surface area contributed by atoms with Crippen LogP contribution in [0.2, 0.25) is 18.6 Å². The minimum atomic E-state index is -1.37. The fourth-order valence-corrected chi connectivity index (χ4v) is 6.08. The van der Waals surface area contributed by atoms with Gasteiger partial charge < -0.3 is 4.74 Å². The van der Waals surface area contributed by atoms with Gasteiger partial charge in [-0.1, -0.05) is 25.1 Å². The van der Waals surface area contributed by atoms with Crippen molar-refractivity contribution in [2.24, 2.45) is 0 Å². The minimum Gasteiger partial charge on any atom is -0.382 e. The molecular weight excluding hydrogens is 317 g/mol. The van der Waals surface area contributed by atoms with Crippen LogP contribution in [0.25, 0.3) is 0 Å². The molecule has 0 N–H and O–H groups in total. The minimum absolute atomic E-state index is 0.186. The summed E-state index contributed by atoms with van der Waals surface area (Å²) in [5, 5.41) is 0. The predicted octanol–water partition coefficient (Wildman–Crippen LogP) is 5.20. The maximum atomic E-state index is 13.7. The van der Waals surface area contributed by atoms with Crippen LogP contribution in [0, 0.1) is 17.5 Å². The van der Waals surface area contributed by atoms with Gasteiger partial charge in [0.1, 0.15) is 0 Å². The highest BCUT2D eigenvalue weighted by Crippen LogP contribution is 2.44. The summed E-state index contributed by atoms with van der Waals surface area (Å²) in [6, 6.07) is 4.80. The van der Waals surface area contributed by atoms with Crippen molar-refractivity contribution in [3.63, 3.8) is 0 Å². The van der Waals surface area contributed by atoms with Gasteiger partial charge in [0.15, 0.2) is 17.5 Å². The summed E-state index contributed by atoms with van der Waals surface area (Å²) in [5.41, 5.74) is 0.433. The van der Waals surface area contributed by atoms with E-state index < -0.39 is 26.2 Å². The monoisotopic (exact) mass is 344 g/mol. The number of rotatable bonds is 6. The SMILES string of the molecule is COC(C)CCCC1(c2cc(F)c(F)c(F)c2)CC[SiH](C)CC1. The third kappa shape index (κ3) is 4.38. The average molecular weight is 344 g/mol. The zero-order valence-electron chi connectivity index (χ0n) is 14.3. The fraction of sp³-hybridized carbons (Fsp3) is 0.667. The quantitative estimate of drug-likeness (QED) is 0.509. The first-order valence-corrected chi connectivity index (χ1v) is 11.3. The normalized spacial score (nSPS) is 26.3. The largest absolute Gasteiger partial charge is 0.382 e. The van der Waals surface area contributed by atoms with Crippen LogP contribution >= 0.6 is 0 Å². The third-order valence-corrected chi connectivity index (χ3v) is 8.04. The lowest BCUT2D eigenvalue weighted by Crippen LogP contribution is -2.34. The molecular formula is C18H27F3OSi. The van der Waals surface area contributed by atoms with Gasteiger partial charge in [-0.25, -0.2) is 13.2 Å². The molecule has 0 radical (unpaired) electrons. The second-order valence-corrected chi connectivity index (χ2v) is 10.5. The van der Waals surface area contributed by atoms with Gasteiger partial charge in [-0.05, 0) is 55.7 Å². The molecule has 1 heterocycles. The summed E-state index contributed by atoms with van der Waals surface area (Å²) >= 11 is 0. The number of hydrogen-bond donors (Lipinski definition) is 0. The van der Waals surface area contributed by atoms with Crippen LogP contribution in [0.3, 0.4) is 0 Å². The van der Waals surface area contributed by atoms with Gasteiger partial charge in [-0.2, -0.15) is 0 Å². The van der Waals surface area contributed by atoms with Crippen LogP contribution in [0.15, 0.2) is 12.1 Å². The first kappa shape index (κ1) is 18.5. The van der Waals surface area contributed by atoms with E-state index in [1.54, 1.807) is 7.11 Å². The van der Waals surface area contributed by atoms with Crippen LogP contribution in [0.1, 0.15) is 44.6 Å². The molecule has 1 unspecified atom stereocenters. The molecule has 0 spiro atoms. The van der Waals surface area contributed by atoms with E-state index in [4.69, 9.17) is 4.74 Å². The Morgan fingerprint density at radius 2 is 1.74 bits per heavy atom. The molecule has 0 aliphatic carbocycles. The van der Waals surface area contributed by atoms with E-state index >= 15 is 0 Å². The molecule has 0 amide bonds. The average Bonchev–Trinajstić information content (AvgIpc) is 2.54. The molecule has 130 valence electrons. The summed E-state index contributed by atoms with van der Waals surface area (Å²) in [6.45, 7) is 4.38. The van der Waals surface area contributed by atoms with Crippen molar-refractivity contribution in [2.75, 3.05) is 7.11 Å². The van der Waals surface area contributed by atoms with E-state index in [0.29, 0.717) is 5.56 Å². The second kappa shape index (κ2) is 7.84. The first-order valence-electron chi connectivity index (χ1n) is 8.56. The molecule has 5 heteroatoms. The van der Waals surface area contributed by atoms with Crippen molar-refractivity contribution in [3.05, 3.63) is 35.1 Å². The van der Waals surface area contributed by atoms with Crippen LogP contribution in [0.4, 0.5) is 13.2 Å². The van der Waals surface area contributed by atoms with Crippen molar-refractivity contribution in [1.82, 2.24) is 0 Å². The summed E-state index contributed by atoms with van der Waals surface area (Å²) < 4.78 is 46.0. The van der Waals surface area contributed by atoms with E-state index in [0.717, 1.165) is 32.1 Å².